The highest BCUT2D eigenvalue weighted by Crippen LogP contribution is 2.44. The molecule has 1 aliphatic carbocycles. The molecule has 1 saturated carbocycles. The molecule has 5 atom stereocenters. The van der Waals surface area contributed by atoms with Crippen LogP contribution in [0.1, 0.15) is 80.1 Å². The summed E-state index contributed by atoms with van der Waals surface area (Å²) in [7, 11) is 0. The molecule has 0 amide bonds. The van der Waals surface area contributed by atoms with E-state index < -0.39 is 0 Å². The van der Waals surface area contributed by atoms with E-state index in [1.54, 1.807) is 0 Å². The predicted octanol–water partition coefficient (Wildman–Crippen LogP) is 5.72. The predicted molar refractivity (Wildman–Crippen MR) is 92.8 cm³/mol. The third kappa shape index (κ3) is 4.83. The lowest BCUT2D eigenvalue weighted by atomic mass is 9.72. The van der Waals surface area contributed by atoms with Gasteiger partial charge in [-0.15, -0.1) is 0 Å². The van der Waals surface area contributed by atoms with Crippen LogP contribution in [0.2, 0.25) is 0 Å². The van der Waals surface area contributed by atoms with Gasteiger partial charge in [-0.1, -0.05) is 31.9 Å². The molecule has 2 aliphatic rings. The van der Waals surface area contributed by atoms with Gasteiger partial charge in [-0.05, 0) is 65.2 Å². The molecule has 0 radical (unpaired) electrons. The highest BCUT2D eigenvalue weighted by atomic mass is 16.7. The minimum Gasteiger partial charge on any atom is -0.349 e. The molecule has 128 valence electrons. The van der Waals surface area contributed by atoms with Gasteiger partial charge >= 0.3 is 0 Å². The van der Waals surface area contributed by atoms with Crippen molar-refractivity contribution in [3.8, 4) is 0 Å². The van der Waals surface area contributed by atoms with Crippen LogP contribution in [0.3, 0.4) is 0 Å². The number of fused-ring (bicyclic) bond motifs is 1. The van der Waals surface area contributed by atoms with Crippen LogP contribution in [0.5, 0.6) is 0 Å². The standard InChI is InChI=1S/C20H36O2/c1-14(2)8-7-9-15(3)13-19-21-18-12-16(4)10-11-17(18)20(5,6)22-19/h8,15-19H,7,9-13H2,1-6H3. The molecule has 0 aromatic carbocycles. The first kappa shape index (κ1) is 18.0. The van der Waals surface area contributed by atoms with Crippen LogP contribution in [0.15, 0.2) is 11.6 Å². The van der Waals surface area contributed by atoms with Crippen LogP contribution in [-0.4, -0.2) is 18.0 Å². The minimum absolute atomic E-state index is 0.0109. The highest BCUT2D eigenvalue weighted by Gasteiger charge is 2.46. The number of ether oxygens (including phenoxy) is 2. The molecule has 2 rings (SSSR count). The molecule has 0 spiro atoms. The van der Waals surface area contributed by atoms with Crippen molar-refractivity contribution in [3.63, 3.8) is 0 Å². The lowest BCUT2D eigenvalue weighted by molar-refractivity contribution is -0.312. The summed E-state index contributed by atoms with van der Waals surface area (Å²) in [5.41, 5.74) is 1.38. The van der Waals surface area contributed by atoms with Crippen LogP contribution in [0, 0.1) is 17.8 Å². The van der Waals surface area contributed by atoms with Gasteiger partial charge in [0.2, 0.25) is 0 Å². The maximum absolute atomic E-state index is 6.36. The van der Waals surface area contributed by atoms with Crippen molar-refractivity contribution < 1.29 is 9.47 Å². The lowest BCUT2D eigenvalue weighted by Gasteiger charge is -2.50. The largest absolute Gasteiger partial charge is 0.349 e. The molecule has 0 aromatic rings. The molecule has 2 fully saturated rings. The molecule has 0 N–H and O–H groups in total. The summed E-state index contributed by atoms with van der Waals surface area (Å²) in [6, 6.07) is 0. The zero-order valence-corrected chi connectivity index (χ0v) is 15.5. The van der Waals surface area contributed by atoms with Gasteiger partial charge in [-0.3, -0.25) is 0 Å². The molecule has 2 heteroatoms. The fourth-order valence-corrected chi connectivity index (χ4v) is 4.13. The van der Waals surface area contributed by atoms with Crippen molar-refractivity contribution in [1.82, 2.24) is 0 Å². The van der Waals surface area contributed by atoms with Gasteiger partial charge in [0.05, 0.1) is 11.7 Å². The normalized spacial score (nSPS) is 35.5. The summed E-state index contributed by atoms with van der Waals surface area (Å²) >= 11 is 0. The molecule has 1 saturated heterocycles. The van der Waals surface area contributed by atoms with Crippen LogP contribution >= 0.6 is 0 Å². The van der Waals surface area contributed by atoms with Crippen molar-refractivity contribution in [2.24, 2.45) is 17.8 Å². The summed E-state index contributed by atoms with van der Waals surface area (Å²) in [4.78, 5) is 0. The third-order valence-electron chi connectivity index (χ3n) is 5.52. The zero-order chi connectivity index (χ0) is 16.3. The van der Waals surface area contributed by atoms with Crippen molar-refractivity contribution in [2.75, 3.05) is 0 Å². The Morgan fingerprint density at radius 2 is 2.00 bits per heavy atom. The first-order valence-electron chi connectivity index (χ1n) is 9.24. The fraction of sp³-hybridized carbons (Fsp3) is 0.900. The topological polar surface area (TPSA) is 18.5 Å². The third-order valence-corrected chi connectivity index (χ3v) is 5.52. The van der Waals surface area contributed by atoms with E-state index in [9.17, 15) is 0 Å². The van der Waals surface area contributed by atoms with Gasteiger partial charge < -0.3 is 9.47 Å². The Labute approximate surface area is 137 Å². The smallest absolute Gasteiger partial charge is 0.158 e. The second-order valence-electron chi connectivity index (χ2n) is 8.55. The van der Waals surface area contributed by atoms with Gasteiger partial charge in [0, 0.05) is 12.3 Å². The van der Waals surface area contributed by atoms with Crippen LogP contribution in [0.4, 0.5) is 0 Å². The maximum atomic E-state index is 6.36. The number of allylic oxidation sites excluding steroid dienone is 2. The Bertz CT molecular complexity index is 381. The van der Waals surface area contributed by atoms with E-state index >= 15 is 0 Å². The van der Waals surface area contributed by atoms with E-state index in [0.717, 1.165) is 12.3 Å². The Morgan fingerprint density at radius 3 is 2.68 bits per heavy atom. The van der Waals surface area contributed by atoms with Crippen molar-refractivity contribution in [3.05, 3.63) is 11.6 Å². The Morgan fingerprint density at radius 1 is 1.27 bits per heavy atom. The quantitative estimate of drug-likeness (QED) is 0.605. The molecule has 0 bridgehead atoms. The first-order chi connectivity index (χ1) is 10.3. The number of hydrogen-bond donors (Lipinski definition) is 0. The van der Waals surface area contributed by atoms with Crippen molar-refractivity contribution in [2.45, 2.75) is 98.1 Å². The Kier molecular flexibility index (Phi) is 6.13. The molecule has 0 aromatic heterocycles. The van der Waals surface area contributed by atoms with Gasteiger partial charge in [-0.2, -0.15) is 0 Å². The van der Waals surface area contributed by atoms with Gasteiger partial charge in [0.1, 0.15) is 0 Å². The molecular weight excluding hydrogens is 272 g/mol. The van der Waals surface area contributed by atoms with E-state index in [4.69, 9.17) is 9.47 Å². The molecule has 2 nitrogen and oxygen atoms in total. The first-order valence-corrected chi connectivity index (χ1v) is 9.24. The zero-order valence-electron chi connectivity index (χ0n) is 15.5. The van der Waals surface area contributed by atoms with Crippen LogP contribution < -0.4 is 0 Å². The summed E-state index contributed by atoms with van der Waals surface area (Å²) < 4.78 is 12.7. The van der Waals surface area contributed by atoms with E-state index in [1.807, 2.05) is 0 Å². The molecular formula is C20H36O2. The van der Waals surface area contributed by atoms with Crippen molar-refractivity contribution >= 4 is 0 Å². The SMILES string of the molecule is CC(C)=CCCC(C)CC1OC2CC(C)CCC2C(C)(C)O1. The second kappa shape index (κ2) is 7.49. The van der Waals surface area contributed by atoms with Gasteiger partial charge in [0.25, 0.3) is 0 Å². The van der Waals surface area contributed by atoms with E-state index in [0.29, 0.717) is 17.9 Å². The van der Waals surface area contributed by atoms with Gasteiger partial charge in [-0.25, -0.2) is 0 Å². The van der Waals surface area contributed by atoms with Crippen LogP contribution in [-0.2, 0) is 9.47 Å². The van der Waals surface area contributed by atoms with E-state index in [2.05, 4.69) is 47.6 Å². The fourth-order valence-electron chi connectivity index (χ4n) is 4.13. The van der Waals surface area contributed by atoms with E-state index in [-0.39, 0.29) is 11.9 Å². The Balaban J connectivity index is 1.88. The summed E-state index contributed by atoms with van der Waals surface area (Å²) in [6.45, 7) is 13.6. The minimum atomic E-state index is -0.0344. The average molecular weight is 309 g/mol. The average Bonchev–Trinajstić information content (AvgIpc) is 2.36. The van der Waals surface area contributed by atoms with Gasteiger partial charge in [0.15, 0.2) is 6.29 Å². The van der Waals surface area contributed by atoms with Crippen molar-refractivity contribution in [1.29, 1.82) is 0 Å². The molecule has 5 unspecified atom stereocenters. The number of hydrogen-bond acceptors (Lipinski definition) is 2. The molecule has 1 heterocycles. The van der Waals surface area contributed by atoms with E-state index in [1.165, 1.54) is 37.7 Å². The van der Waals surface area contributed by atoms with Crippen LogP contribution in [0.25, 0.3) is 0 Å². The summed E-state index contributed by atoms with van der Waals surface area (Å²) in [5.74, 6) is 2.01. The highest BCUT2D eigenvalue weighted by molar-refractivity contribution is 4.94. The monoisotopic (exact) mass is 308 g/mol. The maximum Gasteiger partial charge on any atom is 0.158 e. The number of rotatable bonds is 5. The Hall–Kier alpha value is -0.340. The lowest BCUT2D eigenvalue weighted by Crippen LogP contribution is -2.54. The molecule has 1 aliphatic heterocycles. The summed E-state index contributed by atoms with van der Waals surface area (Å²) in [6.07, 6.45) is 9.93. The second-order valence-corrected chi connectivity index (χ2v) is 8.55. The molecule has 22 heavy (non-hydrogen) atoms. The summed E-state index contributed by atoms with van der Waals surface area (Å²) in [5, 5.41) is 0.